The molecule has 328 valence electrons. The highest BCUT2D eigenvalue weighted by Crippen LogP contribution is 2.65. The molecule has 0 radical (unpaired) electrons. The third kappa shape index (κ3) is 5.88. The van der Waals surface area contributed by atoms with Crippen molar-refractivity contribution >= 4 is 55.9 Å². The Balaban J connectivity index is 1.02. The summed E-state index contributed by atoms with van der Waals surface area (Å²) in [5.41, 5.74) is 22.1. The van der Waals surface area contributed by atoms with E-state index in [0.717, 1.165) is 39.8 Å². The summed E-state index contributed by atoms with van der Waals surface area (Å²) in [5.74, 6) is 0. The Morgan fingerprint density at radius 1 is 0.286 bits per heavy atom. The van der Waals surface area contributed by atoms with Gasteiger partial charge in [-0.15, -0.1) is 0 Å². The minimum absolute atomic E-state index is 0.600. The zero-order chi connectivity index (χ0) is 46.2. The van der Waals surface area contributed by atoms with Crippen LogP contribution in [0.4, 0.5) is 34.1 Å². The first-order chi connectivity index (χ1) is 34.8. The predicted octanol–water partition coefficient (Wildman–Crippen LogP) is 17.7. The SMILES string of the molecule is c1ccc(-c2ccccc2N(c2ccccc2)c2ccc3c(c2)C2(c4ccccc4-3)c3ccccc3-c3c(N(c4ccccc4)c4ccc5c6ccccc6n(-c6ccccc6)c5c4)cccc32)cc1. The van der Waals surface area contributed by atoms with Crippen molar-refractivity contribution in [2.24, 2.45) is 0 Å². The fourth-order valence-electron chi connectivity index (χ4n) is 12.0. The lowest BCUT2D eigenvalue weighted by Gasteiger charge is -2.33. The summed E-state index contributed by atoms with van der Waals surface area (Å²) in [6.07, 6.45) is 0. The fourth-order valence-corrected chi connectivity index (χ4v) is 12.0. The first-order valence-corrected chi connectivity index (χ1v) is 24.2. The van der Waals surface area contributed by atoms with Gasteiger partial charge in [0.05, 0.1) is 27.8 Å². The molecule has 3 nitrogen and oxygen atoms in total. The van der Waals surface area contributed by atoms with Gasteiger partial charge in [0.2, 0.25) is 0 Å². The van der Waals surface area contributed by atoms with E-state index in [-0.39, 0.29) is 0 Å². The second-order valence-corrected chi connectivity index (χ2v) is 18.4. The standard InChI is InChI=1S/C67H45N3/c1-5-22-46(23-6-1)52-30-15-19-37-62(52)68(47-24-7-2-8-25-47)50-40-42-54-53-31-13-17-34-58(53)67(61(54)44-50)59-35-18-14-33-57(59)66-60(67)36-21-39-64(66)69(48-26-9-3-10-27-48)51-41-43-56-55-32-16-20-38-63(55)70(65(56)45-51)49-28-11-4-12-29-49/h1-45H. The van der Waals surface area contributed by atoms with Crippen LogP contribution in [0.2, 0.25) is 0 Å². The summed E-state index contributed by atoms with van der Waals surface area (Å²) in [4.78, 5) is 4.93. The van der Waals surface area contributed by atoms with E-state index in [1.54, 1.807) is 0 Å². The van der Waals surface area contributed by atoms with Crippen molar-refractivity contribution < 1.29 is 0 Å². The van der Waals surface area contributed by atoms with Crippen molar-refractivity contribution in [2.75, 3.05) is 9.80 Å². The monoisotopic (exact) mass is 891 g/mol. The van der Waals surface area contributed by atoms with Gasteiger partial charge in [-0.25, -0.2) is 0 Å². The number of nitrogens with zero attached hydrogens (tertiary/aromatic N) is 3. The van der Waals surface area contributed by atoms with Crippen molar-refractivity contribution in [3.8, 4) is 39.1 Å². The van der Waals surface area contributed by atoms with E-state index >= 15 is 0 Å². The number of hydrogen-bond acceptors (Lipinski definition) is 2. The van der Waals surface area contributed by atoms with Gasteiger partial charge in [-0.2, -0.15) is 0 Å². The van der Waals surface area contributed by atoms with Crippen LogP contribution in [0.15, 0.2) is 273 Å². The van der Waals surface area contributed by atoms with E-state index < -0.39 is 5.41 Å². The van der Waals surface area contributed by atoms with Gasteiger partial charge in [-0.1, -0.05) is 194 Å². The Kier molecular flexibility index (Phi) is 9.11. The van der Waals surface area contributed by atoms with Crippen LogP contribution in [0.3, 0.4) is 0 Å². The molecule has 0 saturated carbocycles. The molecule has 0 fully saturated rings. The zero-order valence-corrected chi connectivity index (χ0v) is 38.3. The number of fused-ring (bicyclic) bond motifs is 13. The molecular formula is C67H45N3. The highest BCUT2D eigenvalue weighted by atomic mass is 15.2. The Morgan fingerprint density at radius 2 is 0.786 bits per heavy atom. The van der Waals surface area contributed by atoms with Crippen molar-refractivity contribution in [3.05, 3.63) is 295 Å². The number of hydrogen-bond donors (Lipinski definition) is 0. The molecular weight excluding hydrogens is 847 g/mol. The number of para-hydroxylation sites is 5. The van der Waals surface area contributed by atoms with Crippen molar-refractivity contribution in [1.29, 1.82) is 0 Å². The molecule has 70 heavy (non-hydrogen) atoms. The number of benzene rings is 11. The second-order valence-electron chi connectivity index (χ2n) is 18.4. The number of aromatic nitrogens is 1. The zero-order valence-electron chi connectivity index (χ0n) is 38.3. The predicted molar refractivity (Wildman–Crippen MR) is 292 cm³/mol. The summed E-state index contributed by atoms with van der Waals surface area (Å²) in [7, 11) is 0. The number of rotatable bonds is 8. The molecule has 0 bridgehead atoms. The molecule has 0 amide bonds. The van der Waals surface area contributed by atoms with Gasteiger partial charge in [0.15, 0.2) is 0 Å². The van der Waals surface area contributed by atoms with E-state index in [1.165, 1.54) is 77.4 Å². The van der Waals surface area contributed by atoms with Crippen LogP contribution < -0.4 is 9.80 Å². The summed E-state index contributed by atoms with van der Waals surface area (Å²) < 4.78 is 2.41. The quantitative estimate of drug-likeness (QED) is 0.151. The Labute approximate surface area is 408 Å². The summed E-state index contributed by atoms with van der Waals surface area (Å²) >= 11 is 0. The Hall–Kier alpha value is -9.18. The van der Waals surface area contributed by atoms with E-state index in [2.05, 4.69) is 287 Å². The lowest BCUT2D eigenvalue weighted by Crippen LogP contribution is -2.26. The smallest absolute Gasteiger partial charge is 0.0727 e. The summed E-state index contributed by atoms with van der Waals surface area (Å²) in [6, 6.07) is 100. The molecule has 1 atom stereocenters. The first-order valence-electron chi connectivity index (χ1n) is 24.2. The van der Waals surface area contributed by atoms with Crippen molar-refractivity contribution in [2.45, 2.75) is 5.41 Å². The van der Waals surface area contributed by atoms with Crippen LogP contribution in [0, 0.1) is 0 Å². The van der Waals surface area contributed by atoms with Crippen LogP contribution in [0.5, 0.6) is 0 Å². The fraction of sp³-hybridized carbons (Fsp3) is 0.0149. The third-order valence-corrected chi connectivity index (χ3v) is 14.8. The Morgan fingerprint density at radius 3 is 1.53 bits per heavy atom. The molecule has 2 aliphatic carbocycles. The average molecular weight is 892 g/mol. The topological polar surface area (TPSA) is 11.4 Å². The van der Waals surface area contributed by atoms with Gasteiger partial charge in [-0.05, 0) is 123 Å². The maximum Gasteiger partial charge on any atom is 0.0727 e. The second kappa shape index (κ2) is 16.0. The van der Waals surface area contributed by atoms with Gasteiger partial charge in [0, 0.05) is 50.3 Å². The molecule has 1 spiro atoms. The molecule has 1 heterocycles. The van der Waals surface area contributed by atoms with Gasteiger partial charge < -0.3 is 14.4 Å². The molecule has 2 aliphatic rings. The maximum atomic E-state index is 2.49. The van der Waals surface area contributed by atoms with Gasteiger partial charge >= 0.3 is 0 Å². The van der Waals surface area contributed by atoms with E-state index in [0.29, 0.717) is 0 Å². The first kappa shape index (κ1) is 39.9. The normalized spacial score (nSPS) is 14.1. The van der Waals surface area contributed by atoms with Crippen LogP contribution in [0.25, 0.3) is 60.9 Å². The third-order valence-electron chi connectivity index (χ3n) is 14.8. The molecule has 12 aromatic rings. The minimum atomic E-state index is -0.600. The van der Waals surface area contributed by atoms with Crippen LogP contribution in [-0.4, -0.2) is 4.57 Å². The van der Waals surface area contributed by atoms with Crippen LogP contribution in [-0.2, 0) is 5.41 Å². The van der Waals surface area contributed by atoms with E-state index in [1.807, 2.05) is 0 Å². The van der Waals surface area contributed by atoms with E-state index in [4.69, 9.17) is 0 Å². The molecule has 3 heteroatoms. The largest absolute Gasteiger partial charge is 0.310 e. The number of anilines is 6. The van der Waals surface area contributed by atoms with Gasteiger partial charge in [-0.3, -0.25) is 0 Å². The van der Waals surface area contributed by atoms with Crippen molar-refractivity contribution in [3.63, 3.8) is 0 Å². The molecule has 0 N–H and O–H groups in total. The van der Waals surface area contributed by atoms with Crippen LogP contribution in [0.1, 0.15) is 22.3 Å². The highest BCUT2D eigenvalue weighted by Gasteiger charge is 2.52. The van der Waals surface area contributed by atoms with E-state index in [9.17, 15) is 0 Å². The van der Waals surface area contributed by atoms with Gasteiger partial charge in [0.25, 0.3) is 0 Å². The van der Waals surface area contributed by atoms with Gasteiger partial charge in [0.1, 0.15) is 0 Å². The molecule has 0 aliphatic heterocycles. The minimum Gasteiger partial charge on any atom is -0.310 e. The lowest BCUT2D eigenvalue weighted by atomic mass is 9.70. The average Bonchev–Trinajstić information content (AvgIpc) is 4.04. The lowest BCUT2D eigenvalue weighted by molar-refractivity contribution is 0.793. The summed E-state index contributed by atoms with van der Waals surface area (Å²) in [6.45, 7) is 0. The molecule has 1 unspecified atom stereocenters. The highest BCUT2D eigenvalue weighted by molar-refractivity contribution is 6.11. The maximum absolute atomic E-state index is 2.49. The van der Waals surface area contributed by atoms with Crippen LogP contribution >= 0.6 is 0 Å². The molecule has 14 rings (SSSR count). The molecule has 0 saturated heterocycles. The molecule has 1 aromatic heterocycles. The van der Waals surface area contributed by atoms with Crippen molar-refractivity contribution in [1.82, 2.24) is 4.57 Å². The molecule has 11 aromatic carbocycles. The Bertz CT molecular complexity index is 3950. The summed E-state index contributed by atoms with van der Waals surface area (Å²) in [5, 5.41) is 2.47.